The lowest BCUT2D eigenvalue weighted by Crippen LogP contribution is -2.13. The molecule has 138 valence electrons. The molecule has 1 aliphatic carbocycles. The molecule has 0 bridgehead atoms. The van der Waals surface area contributed by atoms with Gasteiger partial charge in [0.15, 0.2) is 0 Å². The second-order valence-corrected chi connectivity index (χ2v) is 7.36. The van der Waals surface area contributed by atoms with E-state index in [1.165, 1.54) is 17.4 Å². The van der Waals surface area contributed by atoms with Gasteiger partial charge in [-0.1, -0.05) is 11.6 Å². The summed E-state index contributed by atoms with van der Waals surface area (Å²) >= 11 is 7.51. The highest BCUT2D eigenvalue weighted by atomic mass is 35.5. The van der Waals surface area contributed by atoms with Crippen molar-refractivity contribution in [2.75, 3.05) is 11.9 Å². The van der Waals surface area contributed by atoms with Crippen molar-refractivity contribution in [1.29, 1.82) is 0 Å². The van der Waals surface area contributed by atoms with Crippen LogP contribution in [0.15, 0.2) is 11.5 Å². The lowest BCUT2D eigenvalue weighted by atomic mass is 10.1. The molecule has 0 spiro atoms. The monoisotopic (exact) mass is 393 g/mol. The number of aryl methyl sites for hydroxylation is 2. The number of hydrogen-bond acceptors (Lipinski definition) is 5. The molecule has 2 heterocycles. The Morgan fingerprint density at radius 1 is 1.50 bits per heavy atom. The topological polar surface area (TPSA) is 73.2 Å². The van der Waals surface area contributed by atoms with Crippen LogP contribution in [-0.4, -0.2) is 28.3 Å². The molecule has 1 saturated carbocycles. The van der Waals surface area contributed by atoms with Crippen LogP contribution < -0.4 is 5.32 Å². The summed E-state index contributed by atoms with van der Waals surface area (Å²) in [5, 5.41) is 9.92. The molecule has 2 aromatic rings. The van der Waals surface area contributed by atoms with Gasteiger partial charge in [0.1, 0.15) is 10.2 Å². The Hall–Kier alpha value is -2.12. The van der Waals surface area contributed by atoms with Gasteiger partial charge < -0.3 is 10.1 Å². The predicted molar refractivity (Wildman–Crippen MR) is 103 cm³/mol. The van der Waals surface area contributed by atoms with Gasteiger partial charge in [0.25, 0.3) is 0 Å². The summed E-state index contributed by atoms with van der Waals surface area (Å²) in [4.78, 5) is 24.6. The zero-order valence-corrected chi connectivity index (χ0v) is 16.4. The lowest BCUT2D eigenvalue weighted by molar-refractivity contribution is -0.111. The average molecular weight is 394 g/mol. The second-order valence-electron chi connectivity index (χ2n) is 6.13. The standard InChI is InChI=1S/C18H20ClN3O3S/c1-4-25-18(24)15-13(11-5-6-11)9-26-17(15)20-14(23)8-7-12-10(2)21-22(3)16(12)19/h7-9,11H,4-6H2,1-3H3,(H,20,23). The summed E-state index contributed by atoms with van der Waals surface area (Å²) in [6.07, 6.45) is 5.14. The maximum Gasteiger partial charge on any atom is 0.341 e. The number of hydrogen-bond donors (Lipinski definition) is 1. The summed E-state index contributed by atoms with van der Waals surface area (Å²) in [5.41, 5.74) is 2.89. The molecular formula is C18H20ClN3O3S. The molecule has 0 unspecified atom stereocenters. The first kappa shape index (κ1) is 18.7. The summed E-state index contributed by atoms with van der Waals surface area (Å²) in [6.45, 7) is 3.89. The molecule has 0 radical (unpaired) electrons. The second kappa shape index (κ2) is 7.63. The minimum absolute atomic E-state index is 0.296. The van der Waals surface area contributed by atoms with Crippen LogP contribution in [0.3, 0.4) is 0 Å². The highest BCUT2D eigenvalue weighted by Crippen LogP contribution is 2.46. The smallest absolute Gasteiger partial charge is 0.341 e. The SMILES string of the molecule is CCOC(=O)c1c(C2CC2)csc1NC(=O)C=Cc1c(C)nn(C)c1Cl. The van der Waals surface area contributed by atoms with Crippen molar-refractivity contribution in [2.24, 2.45) is 7.05 Å². The Balaban J connectivity index is 1.79. The fraction of sp³-hybridized carbons (Fsp3) is 0.389. The third kappa shape index (κ3) is 3.83. The van der Waals surface area contributed by atoms with Crippen molar-refractivity contribution in [3.05, 3.63) is 39.0 Å². The van der Waals surface area contributed by atoms with E-state index in [1.54, 1.807) is 24.7 Å². The molecule has 1 aliphatic rings. The minimum Gasteiger partial charge on any atom is -0.462 e. The van der Waals surface area contributed by atoms with E-state index in [0.29, 0.717) is 33.8 Å². The van der Waals surface area contributed by atoms with Crippen LogP contribution in [0.25, 0.3) is 6.08 Å². The predicted octanol–water partition coefficient (Wildman–Crippen LogP) is 4.15. The number of carbonyl (C=O) groups excluding carboxylic acids is 2. The molecule has 1 N–H and O–H groups in total. The number of carbonyl (C=O) groups is 2. The van der Waals surface area contributed by atoms with Gasteiger partial charge in [-0.2, -0.15) is 5.10 Å². The quantitative estimate of drug-likeness (QED) is 0.591. The highest BCUT2D eigenvalue weighted by molar-refractivity contribution is 7.15. The number of rotatable bonds is 6. The van der Waals surface area contributed by atoms with Crippen LogP contribution in [0.4, 0.5) is 5.00 Å². The van der Waals surface area contributed by atoms with Gasteiger partial charge in [0.2, 0.25) is 5.91 Å². The lowest BCUT2D eigenvalue weighted by Gasteiger charge is -2.07. The van der Waals surface area contributed by atoms with Gasteiger partial charge in [0, 0.05) is 18.7 Å². The molecule has 0 saturated heterocycles. The third-order valence-corrected chi connectivity index (χ3v) is 5.51. The van der Waals surface area contributed by atoms with Gasteiger partial charge in [-0.05, 0) is 49.6 Å². The Labute approximate surface area is 160 Å². The number of ether oxygens (including phenoxy) is 1. The van der Waals surface area contributed by atoms with E-state index >= 15 is 0 Å². The highest BCUT2D eigenvalue weighted by Gasteiger charge is 2.32. The Morgan fingerprint density at radius 3 is 2.81 bits per heavy atom. The van der Waals surface area contributed by atoms with Crippen molar-refractivity contribution >= 4 is 45.9 Å². The van der Waals surface area contributed by atoms with Gasteiger partial charge >= 0.3 is 5.97 Å². The van der Waals surface area contributed by atoms with Crippen LogP contribution in [0, 0.1) is 6.92 Å². The zero-order valence-electron chi connectivity index (χ0n) is 14.8. The fourth-order valence-corrected chi connectivity index (χ4v) is 3.99. The van der Waals surface area contributed by atoms with Gasteiger partial charge in [0.05, 0.1) is 17.9 Å². The van der Waals surface area contributed by atoms with Crippen LogP contribution >= 0.6 is 22.9 Å². The van der Waals surface area contributed by atoms with E-state index < -0.39 is 0 Å². The third-order valence-electron chi connectivity index (χ3n) is 4.15. The van der Waals surface area contributed by atoms with Crippen LogP contribution in [0.1, 0.15) is 52.9 Å². The average Bonchev–Trinajstić information content (AvgIpc) is 3.30. The van der Waals surface area contributed by atoms with E-state index in [-0.39, 0.29) is 11.9 Å². The number of nitrogens with zero attached hydrogens (tertiary/aromatic N) is 2. The molecule has 0 aromatic carbocycles. The molecule has 1 fully saturated rings. The Kier molecular flexibility index (Phi) is 5.48. The van der Waals surface area contributed by atoms with Gasteiger partial charge in [-0.3, -0.25) is 9.48 Å². The molecule has 8 heteroatoms. The normalized spacial score (nSPS) is 14.0. The van der Waals surface area contributed by atoms with Crippen LogP contribution in [0.2, 0.25) is 5.15 Å². The molecule has 3 rings (SSSR count). The largest absolute Gasteiger partial charge is 0.462 e. The first-order valence-electron chi connectivity index (χ1n) is 8.39. The van der Waals surface area contributed by atoms with Crippen molar-refractivity contribution in [2.45, 2.75) is 32.6 Å². The number of amides is 1. The minimum atomic E-state index is -0.388. The van der Waals surface area contributed by atoms with Crippen molar-refractivity contribution in [3.8, 4) is 0 Å². The van der Waals surface area contributed by atoms with Crippen LogP contribution in [-0.2, 0) is 16.6 Å². The molecule has 26 heavy (non-hydrogen) atoms. The van der Waals surface area contributed by atoms with Crippen molar-refractivity contribution < 1.29 is 14.3 Å². The maximum atomic E-state index is 12.3. The Morgan fingerprint density at radius 2 is 2.23 bits per heavy atom. The summed E-state index contributed by atoms with van der Waals surface area (Å²) < 4.78 is 6.71. The van der Waals surface area contributed by atoms with E-state index in [4.69, 9.17) is 16.3 Å². The first-order valence-corrected chi connectivity index (χ1v) is 9.64. The number of thiophene rings is 1. The zero-order chi connectivity index (χ0) is 18.8. The van der Waals surface area contributed by atoms with Crippen molar-refractivity contribution in [3.63, 3.8) is 0 Å². The summed E-state index contributed by atoms with van der Waals surface area (Å²) in [7, 11) is 1.74. The molecule has 1 amide bonds. The molecule has 0 atom stereocenters. The summed E-state index contributed by atoms with van der Waals surface area (Å²) in [5.74, 6) is -0.330. The molecular weight excluding hydrogens is 374 g/mol. The number of anilines is 1. The molecule has 0 aliphatic heterocycles. The number of nitrogens with one attached hydrogen (secondary N) is 1. The van der Waals surface area contributed by atoms with E-state index in [0.717, 1.165) is 24.1 Å². The van der Waals surface area contributed by atoms with Gasteiger partial charge in [-0.25, -0.2) is 4.79 Å². The first-order chi connectivity index (χ1) is 12.4. The van der Waals surface area contributed by atoms with E-state index in [1.807, 2.05) is 12.3 Å². The van der Waals surface area contributed by atoms with Crippen LogP contribution in [0.5, 0.6) is 0 Å². The van der Waals surface area contributed by atoms with E-state index in [2.05, 4.69) is 10.4 Å². The Bertz CT molecular complexity index is 881. The van der Waals surface area contributed by atoms with E-state index in [9.17, 15) is 9.59 Å². The fourth-order valence-electron chi connectivity index (χ4n) is 2.72. The van der Waals surface area contributed by atoms with Crippen molar-refractivity contribution in [1.82, 2.24) is 9.78 Å². The van der Waals surface area contributed by atoms with Gasteiger partial charge in [-0.15, -0.1) is 11.3 Å². The molecule has 2 aromatic heterocycles. The number of esters is 1. The summed E-state index contributed by atoms with van der Waals surface area (Å²) in [6, 6.07) is 0. The maximum absolute atomic E-state index is 12.3. The number of halogens is 1. The molecule has 6 nitrogen and oxygen atoms in total. The number of aromatic nitrogens is 2.